The van der Waals surface area contributed by atoms with Gasteiger partial charge in [-0.15, -0.1) is 0 Å². The molecular weight excluding hydrogens is 418 g/mol. The molecule has 0 saturated heterocycles. The van der Waals surface area contributed by atoms with Crippen LogP contribution in [0.15, 0.2) is 30.3 Å². The van der Waals surface area contributed by atoms with Gasteiger partial charge >= 0.3 is 6.09 Å². The third-order valence-corrected chi connectivity index (χ3v) is 10.5. The number of rotatable bonds is 8. The van der Waals surface area contributed by atoms with Crippen molar-refractivity contribution in [1.29, 1.82) is 0 Å². The van der Waals surface area contributed by atoms with E-state index in [1.807, 2.05) is 51.1 Å². The predicted octanol–water partition coefficient (Wildman–Crippen LogP) is 6.98. The molecule has 176 valence electrons. The molecule has 0 spiro atoms. The Bertz CT molecular complexity index is 974. The van der Waals surface area contributed by atoms with Gasteiger partial charge in [0.2, 0.25) is 0 Å². The van der Waals surface area contributed by atoms with Crippen LogP contribution in [-0.2, 0) is 20.4 Å². The van der Waals surface area contributed by atoms with Crippen molar-refractivity contribution in [3.05, 3.63) is 41.6 Å². The number of benzene rings is 1. The minimum atomic E-state index is -1.75. The predicted molar refractivity (Wildman–Crippen MR) is 135 cm³/mol. The molecule has 0 amide bonds. The first-order valence-corrected chi connectivity index (χ1v) is 14.3. The highest BCUT2D eigenvalue weighted by Crippen LogP contribution is 2.36. The van der Waals surface area contributed by atoms with Crippen LogP contribution in [0.5, 0.6) is 0 Å². The van der Waals surface area contributed by atoms with Crippen molar-refractivity contribution in [3.8, 4) is 0 Å². The first-order chi connectivity index (χ1) is 14.8. The number of para-hydroxylation sites is 1. The molecule has 0 N–H and O–H groups in total. The summed E-state index contributed by atoms with van der Waals surface area (Å²) >= 11 is 0. The maximum atomic E-state index is 13.1. The highest BCUT2D eigenvalue weighted by molar-refractivity contribution is 6.74. The van der Waals surface area contributed by atoms with Crippen LogP contribution in [0.2, 0.25) is 18.1 Å². The lowest BCUT2D eigenvalue weighted by Gasteiger charge is -2.36. The summed E-state index contributed by atoms with van der Waals surface area (Å²) < 4.78 is 13.5. The number of aldehydes is 1. The maximum Gasteiger partial charge on any atom is 0.419 e. The molecule has 32 heavy (non-hydrogen) atoms. The summed E-state index contributed by atoms with van der Waals surface area (Å²) in [5.74, 6) is 0. The Kier molecular flexibility index (Phi) is 8.29. The molecule has 1 aromatic carbocycles. The summed E-state index contributed by atoms with van der Waals surface area (Å²) in [6, 6.07) is 7.64. The van der Waals surface area contributed by atoms with Gasteiger partial charge in [-0.2, -0.15) is 0 Å². The van der Waals surface area contributed by atoms with Gasteiger partial charge in [-0.25, -0.2) is 9.36 Å². The molecule has 0 aliphatic rings. The summed E-state index contributed by atoms with van der Waals surface area (Å²) in [5.41, 5.74) is 1.68. The van der Waals surface area contributed by atoms with E-state index < -0.39 is 20.0 Å². The van der Waals surface area contributed by atoms with Gasteiger partial charge in [-0.1, -0.05) is 45.0 Å². The summed E-state index contributed by atoms with van der Waals surface area (Å²) in [5, 5.41) is 1.09. The van der Waals surface area contributed by atoms with Crippen molar-refractivity contribution in [2.75, 3.05) is 6.61 Å². The molecule has 6 heteroatoms. The highest BCUT2D eigenvalue weighted by atomic mass is 28.4. The molecule has 0 unspecified atom stereocenters. The number of carbonyl (C=O) groups excluding carboxylic acids is 2. The summed E-state index contributed by atoms with van der Waals surface area (Å²) in [7, 11) is -1.75. The standard InChI is InChI=1S/C26H39NO4Si/c1-25(2,3)31-24(29)27-22-16-12-11-14-20(22)21(17-18-28)23(27)15-10-9-13-19-30-32(7,8)26(4,5)6/h10-12,14-16,18H,9,13,17,19H2,1-8H3/b15-10-. The second kappa shape index (κ2) is 10.2. The number of hydrogen-bond donors (Lipinski definition) is 0. The van der Waals surface area contributed by atoms with Crippen LogP contribution in [0.25, 0.3) is 17.0 Å². The van der Waals surface area contributed by atoms with E-state index in [0.29, 0.717) is 5.69 Å². The maximum absolute atomic E-state index is 13.1. The Labute approximate surface area is 193 Å². The first-order valence-electron chi connectivity index (χ1n) is 11.4. The number of carbonyl (C=O) groups is 2. The molecule has 0 fully saturated rings. The van der Waals surface area contributed by atoms with Gasteiger partial charge in [-0.3, -0.25) is 0 Å². The Morgan fingerprint density at radius 3 is 2.34 bits per heavy atom. The molecule has 0 radical (unpaired) electrons. The fraction of sp³-hybridized carbons (Fsp3) is 0.538. The van der Waals surface area contributed by atoms with Crippen molar-refractivity contribution in [1.82, 2.24) is 4.57 Å². The van der Waals surface area contributed by atoms with Crippen LogP contribution in [0.1, 0.15) is 65.6 Å². The molecular formula is C26H39NO4Si. The van der Waals surface area contributed by atoms with Crippen molar-refractivity contribution in [3.63, 3.8) is 0 Å². The fourth-order valence-electron chi connectivity index (χ4n) is 3.24. The van der Waals surface area contributed by atoms with E-state index in [1.54, 1.807) is 4.57 Å². The van der Waals surface area contributed by atoms with Gasteiger partial charge in [0.05, 0.1) is 11.2 Å². The van der Waals surface area contributed by atoms with Crippen LogP contribution in [0, 0.1) is 0 Å². The van der Waals surface area contributed by atoms with Gasteiger partial charge in [0, 0.05) is 18.4 Å². The van der Waals surface area contributed by atoms with E-state index in [1.165, 1.54) is 0 Å². The van der Waals surface area contributed by atoms with E-state index in [0.717, 1.165) is 42.2 Å². The lowest BCUT2D eigenvalue weighted by atomic mass is 10.1. The van der Waals surface area contributed by atoms with Crippen molar-refractivity contribution in [2.24, 2.45) is 0 Å². The van der Waals surface area contributed by atoms with Gasteiger partial charge in [-0.05, 0) is 69.5 Å². The van der Waals surface area contributed by atoms with Crippen molar-refractivity contribution >= 4 is 37.7 Å². The average molecular weight is 458 g/mol. The number of fused-ring (bicyclic) bond motifs is 1. The summed E-state index contributed by atoms with van der Waals surface area (Å²) in [6.07, 6.45) is 6.40. The Morgan fingerprint density at radius 2 is 1.75 bits per heavy atom. The van der Waals surface area contributed by atoms with Gasteiger partial charge in [0.15, 0.2) is 8.32 Å². The second-order valence-electron chi connectivity index (χ2n) is 10.7. The molecule has 5 nitrogen and oxygen atoms in total. The minimum Gasteiger partial charge on any atom is -0.443 e. The molecule has 2 aromatic rings. The molecule has 1 heterocycles. The van der Waals surface area contributed by atoms with Crippen LogP contribution < -0.4 is 0 Å². The van der Waals surface area contributed by atoms with Crippen LogP contribution >= 0.6 is 0 Å². The zero-order chi connectivity index (χ0) is 24.2. The fourth-order valence-corrected chi connectivity index (χ4v) is 4.33. The minimum absolute atomic E-state index is 0.195. The lowest BCUT2D eigenvalue weighted by Crippen LogP contribution is -2.40. The Hall–Kier alpha value is -2.18. The van der Waals surface area contributed by atoms with Crippen molar-refractivity contribution < 1.29 is 18.8 Å². The van der Waals surface area contributed by atoms with Gasteiger partial charge < -0.3 is 14.0 Å². The molecule has 0 bridgehead atoms. The third kappa shape index (κ3) is 6.42. The molecule has 0 aliphatic heterocycles. The Balaban J connectivity index is 2.27. The second-order valence-corrected chi connectivity index (χ2v) is 15.5. The number of allylic oxidation sites excluding steroid dienone is 1. The van der Waals surface area contributed by atoms with Crippen LogP contribution in [-0.4, -0.2) is 37.5 Å². The van der Waals surface area contributed by atoms with E-state index in [-0.39, 0.29) is 11.5 Å². The molecule has 2 rings (SSSR count). The average Bonchev–Trinajstić information content (AvgIpc) is 2.96. The zero-order valence-corrected chi connectivity index (χ0v) is 22.0. The monoisotopic (exact) mass is 457 g/mol. The largest absolute Gasteiger partial charge is 0.443 e. The van der Waals surface area contributed by atoms with Crippen LogP contribution in [0.4, 0.5) is 4.79 Å². The SMILES string of the molecule is CC(C)(C)OC(=O)n1c(/C=C\CCCO[Si](C)(C)C(C)(C)C)c(CC=O)c2ccccc21. The smallest absolute Gasteiger partial charge is 0.419 e. The molecule has 0 atom stereocenters. The zero-order valence-electron chi connectivity index (χ0n) is 21.0. The van der Waals surface area contributed by atoms with E-state index in [9.17, 15) is 9.59 Å². The number of ether oxygens (including phenoxy) is 1. The molecule has 0 saturated carbocycles. The molecule has 1 aromatic heterocycles. The number of unbranched alkanes of at least 4 members (excludes halogenated alkanes) is 1. The first kappa shape index (κ1) is 26.1. The van der Waals surface area contributed by atoms with Gasteiger partial charge in [0.1, 0.15) is 11.9 Å². The quantitative estimate of drug-likeness (QED) is 0.244. The van der Waals surface area contributed by atoms with E-state index >= 15 is 0 Å². The lowest BCUT2D eigenvalue weighted by molar-refractivity contribution is -0.107. The Morgan fingerprint density at radius 1 is 1.09 bits per heavy atom. The highest BCUT2D eigenvalue weighted by Gasteiger charge is 2.36. The van der Waals surface area contributed by atoms with Crippen LogP contribution in [0.3, 0.4) is 0 Å². The number of nitrogens with zero attached hydrogens (tertiary/aromatic N) is 1. The van der Waals surface area contributed by atoms with E-state index in [4.69, 9.17) is 9.16 Å². The normalized spacial score (nSPS) is 13.1. The number of aromatic nitrogens is 1. The van der Waals surface area contributed by atoms with Crippen molar-refractivity contribution in [2.45, 2.75) is 84.5 Å². The third-order valence-electron chi connectivity index (χ3n) is 5.94. The van der Waals surface area contributed by atoms with Gasteiger partial charge in [0.25, 0.3) is 0 Å². The summed E-state index contributed by atoms with van der Waals surface area (Å²) in [6.45, 7) is 17.5. The summed E-state index contributed by atoms with van der Waals surface area (Å²) in [4.78, 5) is 24.5. The number of hydrogen-bond acceptors (Lipinski definition) is 4. The topological polar surface area (TPSA) is 57.5 Å². The molecule has 0 aliphatic carbocycles. The van der Waals surface area contributed by atoms with E-state index in [2.05, 4.69) is 39.9 Å².